The lowest BCUT2D eigenvalue weighted by atomic mass is 9.90. The monoisotopic (exact) mass is 331 g/mol. The van der Waals surface area contributed by atoms with E-state index in [1.807, 2.05) is 26.0 Å². The molecule has 1 saturated heterocycles. The molecule has 130 valence electrons. The third-order valence-electron chi connectivity index (χ3n) is 4.95. The van der Waals surface area contributed by atoms with Crippen LogP contribution in [0.2, 0.25) is 0 Å². The maximum absolute atomic E-state index is 13.1. The third kappa shape index (κ3) is 3.16. The Morgan fingerprint density at radius 3 is 2.25 bits per heavy atom. The summed E-state index contributed by atoms with van der Waals surface area (Å²) in [6.07, 6.45) is 1.43. The van der Waals surface area contributed by atoms with E-state index in [1.54, 1.807) is 0 Å². The van der Waals surface area contributed by atoms with Gasteiger partial charge in [0, 0.05) is 25.9 Å². The van der Waals surface area contributed by atoms with E-state index in [0.29, 0.717) is 25.9 Å². The summed E-state index contributed by atoms with van der Waals surface area (Å²) in [6, 6.07) is 8.15. The summed E-state index contributed by atoms with van der Waals surface area (Å²) in [5.41, 5.74) is 6.91. The largest absolute Gasteiger partial charge is 0.373 e. The van der Waals surface area contributed by atoms with Crippen molar-refractivity contribution < 1.29 is 14.3 Å². The van der Waals surface area contributed by atoms with Crippen molar-refractivity contribution in [3.05, 3.63) is 35.4 Å². The van der Waals surface area contributed by atoms with Crippen LogP contribution in [0.3, 0.4) is 0 Å². The van der Waals surface area contributed by atoms with Crippen LogP contribution in [0.25, 0.3) is 0 Å². The first-order chi connectivity index (χ1) is 11.4. The number of carbonyl (C=O) groups is 2. The number of morpholine rings is 1. The van der Waals surface area contributed by atoms with Crippen molar-refractivity contribution >= 4 is 11.8 Å². The van der Waals surface area contributed by atoms with E-state index in [1.165, 1.54) is 11.1 Å². The number of amides is 2. The minimum Gasteiger partial charge on any atom is -0.373 e. The standard InChI is InChI=1S/C18H25N3O3/c1-12-10-21(11-13(2)24-12)18(17(23)20-9-16(19)22)7-14-5-3-4-6-15(14)8-18/h3-6,12-13H,7-11H2,1-2H3,(H2,19,22)(H,20,23)/t12-,13+. The van der Waals surface area contributed by atoms with Crippen molar-refractivity contribution in [1.29, 1.82) is 0 Å². The van der Waals surface area contributed by atoms with Gasteiger partial charge in [-0.25, -0.2) is 0 Å². The lowest BCUT2D eigenvalue weighted by Gasteiger charge is -2.45. The molecule has 0 bridgehead atoms. The van der Waals surface area contributed by atoms with Crippen LogP contribution in [0, 0.1) is 0 Å². The van der Waals surface area contributed by atoms with Gasteiger partial charge in [-0.15, -0.1) is 0 Å². The molecule has 2 aliphatic rings. The molecule has 2 atom stereocenters. The van der Waals surface area contributed by atoms with Gasteiger partial charge >= 0.3 is 0 Å². The van der Waals surface area contributed by atoms with Gasteiger partial charge < -0.3 is 15.8 Å². The molecule has 0 aromatic heterocycles. The van der Waals surface area contributed by atoms with Crippen LogP contribution in [0.5, 0.6) is 0 Å². The average Bonchev–Trinajstić information content (AvgIpc) is 2.92. The van der Waals surface area contributed by atoms with Crippen LogP contribution in [-0.2, 0) is 27.2 Å². The molecule has 1 aromatic rings. The van der Waals surface area contributed by atoms with Gasteiger partial charge in [0.2, 0.25) is 11.8 Å². The molecule has 6 heteroatoms. The topological polar surface area (TPSA) is 84.7 Å². The van der Waals surface area contributed by atoms with Gasteiger partial charge in [0.25, 0.3) is 0 Å². The van der Waals surface area contributed by atoms with Gasteiger partial charge in [0.15, 0.2) is 0 Å². The van der Waals surface area contributed by atoms with Crippen molar-refractivity contribution in [3.8, 4) is 0 Å². The number of rotatable bonds is 4. The first-order valence-corrected chi connectivity index (χ1v) is 8.44. The van der Waals surface area contributed by atoms with E-state index in [-0.39, 0.29) is 24.7 Å². The normalized spacial score (nSPS) is 25.9. The van der Waals surface area contributed by atoms with E-state index < -0.39 is 11.4 Å². The zero-order valence-electron chi connectivity index (χ0n) is 14.2. The summed E-state index contributed by atoms with van der Waals surface area (Å²) in [6.45, 7) is 5.32. The number of hydrogen-bond acceptors (Lipinski definition) is 4. The van der Waals surface area contributed by atoms with Crippen molar-refractivity contribution in [2.45, 2.75) is 44.4 Å². The molecular formula is C18H25N3O3. The highest BCUT2D eigenvalue weighted by Gasteiger charge is 2.50. The van der Waals surface area contributed by atoms with Gasteiger partial charge in [0.1, 0.15) is 5.54 Å². The molecular weight excluding hydrogens is 306 g/mol. The van der Waals surface area contributed by atoms with Crippen molar-refractivity contribution in [1.82, 2.24) is 10.2 Å². The fourth-order valence-electron chi connectivity index (χ4n) is 3.98. The summed E-state index contributed by atoms with van der Waals surface area (Å²) in [5.74, 6) is -0.656. The second-order valence-electron chi connectivity index (χ2n) is 6.97. The zero-order valence-corrected chi connectivity index (χ0v) is 14.2. The zero-order chi connectivity index (χ0) is 17.3. The summed E-state index contributed by atoms with van der Waals surface area (Å²) >= 11 is 0. The first-order valence-electron chi connectivity index (χ1n) is 8.44. The third-order valence-corrected chi connectivity index (χ3v) is 4.95. The molecule has 0 unspecified atom stereocenters. The van der Waals surface area contributed by atoms with Gasteiger partial charge in [-0.2, -0.15) is 0 Å². The van der Waals surface area contributed by atoms with Crippen LogP contribution in [0.4, 0.5) is 0 Å². The van der Waals surface area contributed by atoms with E-state index in [2.05, 4.69) is 22.3 Å². The van der Waals surface area contributed by atoms with E-state index in [9.17, 15) is 9.59 Å². The number of nitrogens with zero attached hydrogens (tertiary/aromatic N) is 1. The highest BCUT2D eigenvalue weighted by molar-refractivity contribution is 5.91. The summed E-state index contributed by atoms with van der Waals surface area (Å²) in [5, 5.41) is 2.73. The maximum Gasteiger partial charge on any atom is 0.241 e. The van der Waals surface area contributed by atoms with E-state index in [0.717, 1.165) is 0 Å². The molecule has 24 heavy (non-hydrogen) atoms. The Kier molecular flexibility index (Phi) is 4.60. The lowest BCUT2D eigenvalue weighted by Crippen LogP contribution is -2.65. The number of benzene rings is 1. The van der Waals surface area contributed by atoms with Crippen LogP contribution in [0.1, 0.15) is 25.0 Å². The Balaban J connectivity index is 1.90. The number of ether oxygens (including phenoxy) is 1. The summed E-state index contributed by atoms with van der Waals surface area (Å²) < 4.78 is 5.83. The Morgan fingerprint density at radius 2 is 1.75 bits per heavy atom. The SMILES string of the molecule is C[C@@H]1CN(C2(C(=O)NCC(N)=O)Cc3ccccc3C2)C[C@H](C)O1. The van der Waals surface area contributed by atoms with E-state index >= 15 is 0 Å². The molecule has 1 aliphatic heterocycles. The van der Waals surface area contributed by atoms with Crippen molar-refractivity contribution in [3.63, 3.8) is 0 Å². The van der Waals surface area contributed by atoms with Gasteiger partial charge in [-0.05, 0) is 25.0 Å². The average molecular weight is 331 g/mol. The minimum atomic E-state index is -0.675. The maximum atomic E-state index is 13.1. The van der Waals surface area contributed by atoms with Crippen molar-refractivity contribution in [2.75, 3.05) is 19.6 Å². The van der Waals surface area contributed by atoms with Crippen LogP contribution >= 0.6 is 0 Å². The van der Waals surface area contributed by atoms with Crippen LogP contribution in [-0.4, -0.2) is 54.1 Å². The Hall–Kier alpha value is -1.92. The second kappa shape index (κ2) is 6.53. The van der Waals surface area contributed by atoms with E-state index in [4.69, 9.17) is 10.5 Å². The number of fused-ring (bicyclic) bond motifs is 1. The van der Waals surface area contributed by atoms with Gasteiger partial charge in [0.05, 0.1) is 18.8 Å². The Labute approximate surface area is 142 Å². The Morgan fingerprint density at radius 1 is 1.21 bits per heavy atom. The quantitative estimate of drug-likeness (QED) is 0.827. The molecule has 6 nitrogen and oxygen atoms in total. The molecule has 3 rings (SSSR count). The number of nitrogens with one attached hydrogen (secondary N) is 1. The molecule has 2 amide bonds. The predicted molar refractivity (Wildman–Crippen MR) is 90.4 cm³/mol. The molecule has 1 heterocycles. The van der Waals surface area contributed by atoms with Crippen LogP contribution in [0.15, 0.2) is 24.3 Å². The fraction of sp³-hybridized carbons (Fsp3) is 0.556. The lowest BCUT2D eigenvalue weighted by molar-refractivity contribution is -0.145. The second-order valence-corrected chi connectivity index (χ2v) is 6.97. The summed E-state index contributed by atoms with van der Waals surface area (Å²) in [4.78, 5) is 26.4. The number of nitrogens with two attached hydrogens (primary N) is 1. The Bertz CT molecular complexity index is 611. The molecule has 3 N–H and O–H groups in total. The number of primary amides is 1. The molecule has 1 aromatic carbocycles. The summed E-state index contributed by atoms with van der Waals surface area (Å²) in [7, 11) is 0. The smallest absolute Gasteiger partial charge is 0.241 e. The predicted octanol–water partition coefficient (Wildman–Crippen LogP) is 0.235. The fourth-order valence-corrected chi connectivity index (χ4v) is 3.98. The molecule has 1 fully saturated rings. The number of hydrogen-bond donors (Lipinski definition) is 2. The van der Waals surface area contributed by atoms with Gasteiger partial charge in [-0.3, -0.25) is 14.5 Å². The first kappa shape index (κ1) is 16.9. The molecule has 0 radical (unpaired) electrons. The van der Waals surface area contributed by atoms with Crippen LogP contribution < -0.4 is 11.1 Å². The van der Waals surface area contributed by atoms with Gasteiger partial charge in [-0.1, -0.05) is 24.3 Å². The van der Waals surface area contributed by atoms with Crippen molar-refractivity contribution in [2.24, 2.45) is 5.73 Å². The highest BCUT2D eigenvalue weighted by Crippen LogP contribution is 2.36. The highest BCUT2D eigenvalue weighted by atomic mass is 16.5. The minimum absolute atomic E-state index is 0.0678. The molecule has 0 saturated carbocycles. The number of carbonyl (C=O) groups excluding carboxylic acids is 2. The molecule has 1 aliphatic carbocycles. The molecule has 0 spiro atoms.